The SMILES string of the molecule is CC[NH+](CC)CC.O=C(O)c1cc(O)c([O-])c(O)c1. The number of benzene rings is 1. The highest BCUT2D eigenvalue weighted by Crippen LogP contribution is 2.32. The van der Waals surface area contributed by atoms with Crippen LogP contribution in [0.2, 0.25) is 0 Å². The van der Waals surface area contributed by atoms with E-state index in [0.717, 1.165) is 12.1 Å². The van der Waals surface area contributed by atoms with Gasteiger partial charge in [-0.15, -0.1) is 0 Å². The van der Waals surface area contributed by atoms with Crippen LogP contribution in [0, 0.1) is 0 Å². The minimum absolute atomic E-state index is 0.329. The van der Waals surface area contributed by atoms with Gasteiger partial charge in [0.2, 0.25) is 0 Å². The maximum Gasteiger partial charge on any atom is 0.335 e. The third-order valence-electron chi connectivity index (χ3n) is 2.80. The number of carboxylic acid groups (broad SMARTS) is 1. The Morgan fingerprint density at radius 2 is 1.47 bits per heavy atom. The monoisotopic (exact) mass is 271 g/mol. The predicted molar refractivity (Wildman–Crippen MR) is 68.8 cm³/mol. The van der Waals surface area contributed by atoms with Crippen molar-refractivity contribution in [2.24, 2.45) is 0 Å². The minimum Gasteiger partial charge on any atom is -0.867 e. The molecule has 6 heteroatoms. The van der Waals surface area contributed by atoms with E-state index in [9.17, 15) is 9.90 Å². The van der Waals surface area contributed by atoms with Gasteiger partial charge in [-0.25, -0.2) is 4.79 Å². The number of carbonyl (C=O) groups is 1. The normalized spacial score (nSPS) is 9.89. The smallest absolute Gasteiger partial charge is 0.335 e. The Labute approximate surface area is 112 Å². The van der Waals surface area contributed by atoms with Crippen LogP contribution in [-0.2, 0) is 0 Å². The van der Waals surface area contributed by atoms with Gasteiger partial charge in [0.1, 0.15) is 11.5 Å². The Bertz CT molecular complexity index is 387. The molecule has 0 aliphatic carbocycles. The van der Waals surface area contributed by atoms with Crippen LogP contribution in [0.25, 0.3) is 0 Å². The third kappa shape index (κ3) is 5.48. The molecule has 0 aliphatic rings. The number of nitrogens with one attached hydrogen (secondary N) is 1. The Morgan fingerprint density at radius 1 is 1.11 bits per heavy atom. The van der Waals surface area contributed by atoms with Crippen LogP contribution >= 0.6 is 0 Å². The summed E-state index contributed by atoms with van der Waals surface area (Å²) in [6.07, 6.45) is 0. The van der Waals surface area contributed by atoms with E-state index in [-0.39, 0.29) is 5.56 Å². The molecule has 0 heterocycles. The van der Waals surface area contributed by atoms with Crippen LogP contribution in [0.3, 0.4) is 0 Å². The molecule has 0 radical (unpaired) electrons. The van der Waals surface area contributed by atoms with Crippen molar-refractivity contribution in [3.8, 4) is 17.2 Å². The second kappa shape index (κ2) is 8.20. The molecule has 0 spiro atoms. The summed E-state index contributed by atoms with van der Waals surface area (Å²) in [4.78, 5) is 12.0. The molecule has 108 valence electrons. The number of phenols is 2. The van der Waals surface area contributed by atoms with Crippen LogP contribution in [0.5, 0.6) is 17.2 Å². The lowest BCUT2D eigenvalue weighted by Crippen LogP contribution is -3.11. The minimum atomic E-state index is -1.32. The largest absolute Gasteiger partial charge is 0.867 e. The van der Waals surface area contributed by atoms with E-state index in [0.29, 0.717) is 0 Å². The fourth-order valence-electron chi connectivity index (χ4n) is 1.47. The van der Waals surface area contributed by atoms with E-state index >= 15 is 0 Å². The van der Waals surface area contributed by atoms with E-state index in [1.165, 1.54) is 19.6 Å². The zero-order valence-electron chi connectivity index (χ0n) is 11.4. The lowest BCUT2D eigenvalue weighted by atomic mass is 10.2. The van der Waals surface area contributed by atoms with Crippen LogP contribution < -0.4 is 10.0 Å². The first-order valence-electron chi connectivity index (χ1n) is 6.17. The molecule has 6 nitrogen and oxygen atoms in total. The molecule has 4 N–H and O–H groups in total. The molecular weight excluding hydrogens is 250 g/mol. The topological polar surface area (TPSA) is 105 Å². The number of quaternary nitrogens is 1. The van der Waals surface area contributed by atoms with Crippen LogP contribution in [0.1, 0.15) is 31.1 Å². The van der Waals surface area contributed by atoms with Gasteiger partial charge in [0.15, 0.2) is 0 Å². The zero-order chi connectivity index (χ0) is 15.0. The summed E-state index contributed by atoms with van der Waals surface area (Å²) < 4.78 is 0. The van der Waals surface area contributed by atoms with Crippen molar-refractivity contribution >= 4 is 5.97 Å². The summed E-state index contributed by atoms with van der Waals surface area (Å²) in [5, 5.41) is 36.6. The second-order valence-electron chi connectivity index (χ2n) is 3.96. The summed E-state index contributed by atoms with van der Waals surface area (Å²) in [5.41, 5.74) is -0.329. The number of hydrogen-bond acceptors (Lipinski definition) is 4. The molecule has 0 bridgehead atoms. The van der Waals surface area contributed by atoms with Gasteiger partial charge >= 0.3 is 5.97 Å². The van der Waals surface area contributed by atoms with E-state index < -0.39 is 23.2 Å². The Kier molecular flexibility index (Phi) is 7.36. The third-order valence-corrected chi connectivity index (χ3v) is 2.80. The molecule has 1 aromatic rings. The summed E-state index contributed by atoms with van der Waals surface area (Å²) in [7, 11) is 0. The molecule has 0 fully saturated rings. The van der Waals surface area contributed by atoms with Crippen molar-refractivity contribution in [1.82, 2.24) is 0 Å². The highest BCUT2D eigenvalue weighted by atomic mass is 16.4. The standard InChI is InChI=1S/C7H6O5.C6H15N/c8-4-1-3(7(11)12)2-5(9)6(4)10;1-4-7(5-2)6-3/h1-2,8-10H,(H,11,12);4-6H2,1-3H3. The van der Waals surface area contributed by atoms with Crippen molar-refractivity contribution in [2.75, 3.05) is 19.6 Å². The fourth-order valence-corrected chi connectivity index (χ4v) is 1.47. The van der Waals surface area contributed by atoms with Gasteiger partial charge in [-0.2, -0.15) is 0 Å². The molecule has 0 amide bonds. The Balaban J connectivity index is 0.000000399. The molecule has 0 saturated carbocycles. The maximum absolute atomic E-state index is 10.7. The van der Waals surface area contributed by atoms with E-state index in [1.807, 2.05) is 0 Å². The van der Waals surface area contributed by atoms with Crippen LogP contribution in [0.4, 0.5) is 0 Å². The van der Waals surface area contributed by atoms with Crippen LogP contribution in [-0.4, -0.2) is 40.9 Å². The zero-order valence-corrected chi connectivity index (χ0v) is 11.4. The Morgan fingerprint density at radius 3 is 1.68 bits per heavy atom. The second-order valence-corrected chi connectivity index (χ2v) is 3.96. The number of hydrogen-bond donors (Lipinski definition) is 4. The fraction of sp³-hybridized carbons (Fsp3) is 0.462. The van der Waals surface area contributed by atoms with E-state index in [4.69, 9.17) is 15.3 Å². The van der Waals surface area contributed by atoms with Crippen molar-refractivity contribution in [1.29, 1.82) is 0 Å². The van der Waals surface area contributed by atoms with Crippen molar-refractivity contribution in [2.45, 2.75) is 20.8 Å². The number of aromatic carboxylic acids is 1. The molecule has 0 saturated heterocycles. The molecule has 0 unspecified atom stereocenters. The number of aromatic hydroxyl groups is 2. The molecular formula is C13H21NO5. The van der Waals surface area contributed by atoms with Gasteiger partial charge in [0.05, 0.1) is 25.2 Å². The van der Waals surface area contributed by atoms with Crippen molar-refractivity contribution in [3.05, 3.63) is 17.7 Å². The van der Waals surface area contributed by atoms with Gasteiger partial charge in [-0.05, 0) is 38.7 Å². The first kappa shape index (κ1) is 17.1. The molecule has 1 aromatic carbocycles. The highest BCUT2D eigenvalue weighted by molar-refractivity contribution is 5.89. The molecule has 0 aliphatic heterocycles. The summed E-state index contributed by atoms with van der Waals surface area (Å²) >= 11 is 0. The van der Waals surface area contributed by atoms with Crippen molar-refractivity contribution < 1.29 is 30.1 Å². The van der Waals surface area contributed by atoms with Crippen molar-refractivity contribution in [3.63, 3.8) is 0 Å². The lowest BCUT2D eigenvalue weighted by Gasteiger charge is -2.10. The first-order valence-corrected chi connectivity index (χ1v) is 6.17. The highest BCUT2D eigenvalue weighted by Gasteiger charge is 2.07. The molecule has 0 atom stereocenters. The maximum atomic E-state index is 10.7. The van der Waals surface area contributed by atoms with E-state index in [2.05, 4.69) is 20.8 Å². The molecule has 19 heavy (non-hydrogen) atoms. The lowest BCUT2D eigenvalue weighted by molar-refractivity contribution is -0.894. The summed E-state index contributed by atoms with van der Waals surface area (Å²) in [6.45, 7) is 10.5. The predicted octanol–water partition coefficient (Wildman–Crippen LogP) is -0.199. The van der Waals surface area contributed by atoms with Gasteiger partial charge in [0, 0.05) is 0 Å². The molecule has 1 rings (SSSR count). The quantitative estimate of drug-likeness (QED) is 0.607. The van der Waals surface area contributed by atoms with Gasteiger partial charge in [-0.1, -0.05) is 0 Å². The summed E-state index contributed by atoms with van der Waals surface area (Å²) in [5.74, 6) is -3.83. The average Bonchev–Trinajstić information content (AvgIpc) is 2.38. The average molecular weight is 271 g/mol. The molecule has 0 aromatic heterocycles. The number of carboxylic acids is 1. The Hall–Kier alpha value is -1.95. The van der Waals surface area contributed by atoms with E-state index in [1.54, 1.807) is 4.90 Å². The van der Waals surface area contributed by atoms with Gasteiger partial charge in [0.25, 0.3) is 0 Å². The first-order chi connectivity index (χ1) is 8.87. The van der Waals surface area contributed by atoms with Gasteiger partial charge < -0.3 is 25.3 Å². The van der Waals surface area contributed by atoms with Crippen LogP contribution in [0.15, 0.2) is 12.1 Å². The number of rotatable bonds is 4. The van der Waals surface area contributed by atoms with Gasteiger partial charge in [-0.3, -0.25) is 0 Å². The summed E-state index contributed by atoms with van der Waals surface area (Å²) in [6, 6.07) is 1.56. The number of phenolic OH excluding ortho intramolecular Hbond substituents is 2.